The number of carbonyl (C=O) groups excluding carboxylic acids is 1. The zero-order valence-electron chi connectivity index (χ0n) is 7.75. The Morgan fingerprint density at radius 3 is 2.57 bits per heavy atom. The molecular formula is C9H9F2NO2. The molecule has 0 aliphatic carbocycles. The Bertz CT molecular complexity index is 355. The van der Waals surface area contributed by atoms with Crippen LogP contribution in [-0.4, -0.2) is 25.1 Å². The summed E-state index contributed by atoms with van der Waals surface area (Å²) in [5.41, 5.74) is -0.226. The zero-order valence-corrected chi connectivity index (χ0v) is 7.75. The molecule has 0 N–H and O–H groups in total. The first-order valence-corrected chi connectivity index (χ1v) is 3.83. The molecule has 0 bridgehead atoms. The van der Waals surface area contributed by atoms with Gasteiger partial charge in [0.25, 0.3) is 5.91 Å². The number of rotatable bonds is 2. The molecule has 0 saturated carbocycles. The van der Waals surface area contributed by atoms with E-state index in [4.69, 9.17) is 0 Å². The molecule has 0 aromatic heterocycles. The Morgan fingerprint density at radius 1 is 1.43 bits per heavy atom. The van der Waals surface area contributed by atoms with Crippen LogP contribution in [-0.2, 0) is 4.84 Å². The van der Waals surface area contributed by atoms with E-state index in [1.54, 1.807) is 0 Å². The van der Waals surface area contributed by atoms with Gasteiger partial charge in [0.1, 0.15) is 11.6 Å². The second kappa shape index (κ2) is 4.15. The van der Waals surface area contributed by atoms with Crippen LogP contribution < -0.4 is 0 Å². The van der Waals surface area contributed by atoms with Gasteiger partial charge in [0, 0.05) is 13.1 Å². The van der Waals surface area contributed by atoms with Crippen molar-refractivity contribution >= 4 is 5.91 Å². The van der Waals surface area contributed by atoms with Crippen molar-refractivity contribution in [2.45, 2.75) is 0 Å². The summed E-state index contributed by atoms with van der Waals surface area (Å²) in [5.74, 6) is -2.29. The molecule has 3 nitrogen and oxygen atoms in total. The first kappa shape index (κ1) is 10.6. The van der Waals surface area contributed by atoms with Crippen molar-refractivity contribution in [1.29, 1.82) is 0 Å². The maximum atomic E-state index is 13.1. The first-order valence-electron chi connectivity index (χ1n) is 3.83. The Balaban J connectivity index is 3.02. The smallest absolute Gasteiger partial charge is 0.274 e. The number of hydrogen-bond donors (Lipinski definition) is 0. The van der Waals surface area contributed by atoms with Gasteiger partial charge in [-0.15, -0.1) is 0 Å². The van der Waals surface area contributed by atoms with E-state index in [1.165, 1.54) is 14.2 Å². The number of amides is 1. The Labute approximate surface area is 79.8 Å². The highest BCUT2D eigenvalue weighted by Crippen LogP contribution is 2.11. The second-order valence-electron chi connectivity index (χ2n) is 2.61. The van der Waals surface area contributed by atoms with Crippen molar-refractivity contribution in [3.8, 4) is 0 Å². The van der Waals surface area contributed by atoms with Gasteiger partial charge in [0.2, 0.25) is 0 Å². The van der Waals surface area contributed by atoms with Gasteiger partial charge in [0.15, 0.2) is 0 Å². The lowest BCUT2D eigenvalue weighted by atomic mass is 10.2. The molecule has 0 radical (unpaired) electrons. The molecule has 0 aliphatic rings. The van der Waals surface area contributed by atoms with Crippen LogP contribution in [0.3, 0.4) is 0 Å². The van der Waals surface area contributed by atoms with Gasteiger partial charge < -0.3 is 0 Å². The number of benzene rings is 1. The number of nitrogens with zero attached hydrogens (tertiary/aromatic N) is 1. The van der Waals surface area contributed by atoms with Crippen LogP contribution in [0.1, 0.15) is 10.4 Å². The lowest BCUT2D eigenvalue weighted by Gasteiger charge is -2.13. The van der Waals surface area contributed by atoms with Gasteiger partial charge in [-0.2, -0.15) is 0 Å². The van der Waals surface area contributed by atoms with Gasteiger partial charge in [-0.25, -0.2) is 13.8 Å². The minimum Gasteiger partial charge on any atom is -0.274 e. The molecule has 5 heteroatoms. The average Bonchev–Trinajstić information content (AvgIpc) is 2.15. The minimum atomic E-state index is -0.904. The molecule has 1 amide bonds. The predicted molar refractivity (Wildman–Crippen MR) is 45.5 cm³/mol. The van der Waals surface area contributed by atoms with Crippen LogP contribution in [0.4, 0.5) is 8.78 Å². The van der Waals surface area contributed by atoms with Crippen molar-refractivity contribution in [2.75, 3.05) is 14.2 Å². The molecule has 0 atom stereocenters. The highest BCUT2D eigenvalue weighted by molar-refractivity contribution is 5.93. The third-order valence-electron chi connectivity index (χ3n) is 1.72. The van der Waals surface area contributed by atoms with Gasteiger partial charge in [-0.05, 0) is 12.1 Å². The zero-order chi connectivity index (χ0) is 10.7. The van der Waals surface area contributed by atoms with Gasteiger partial charge in [-0.3, -0.25) is 9.63 Å². The van der Waals surface area contributed by atoms with Crippen molar-refractivity contribution in [3.05, 3.63) is 35.4 Å². The van der Waals surface area contributed by atoms with Crippen LogP contribution in [0.5, 0.6) is 0 Å². The van der Waals surface area contributed by atoms with Crippen molar-refractivity contribution in [2.24, 2.45) is 0 Å². The lowest BCUT2D eigenvalue weighted by Crippen LogP contribution is -2.26. The Kier molecular flexibility index (Phi) is 3.14. The maximum Gasteiger partial charge on any atom is 0.280 e. The third kappa shape index (κ3) is 2.05. The minimum absolute atomic E-state index is 0.226. The molecule has 0 fully saturated rings. The molecule has 0 aliphatic heterocycles. The summed E-state index contributed by atoms with van der Waals surface area (Å²) in [5, 5.41) is 0.857. The van der Waals surface area contributed by atoms with E-state index in [-0.39, 0.29) is 5.56 Å². The van der Waals surface area contributed by atoms with Gasteiger partial charge >= 0.3 is 0 Å². The van der Waals surface area contributed by atoms with Crippen molar-refractivity contribution in [3.63, 3.8) is 0 Å². The summed E-state index contributed by atoms with van der Waals surface area (Å²) in [6.07, 6.45) is 0. The predicted octanol–water partition coefficient (Wildman–Crippen LogP) is 1.60. The molecular weight excluding hydrogens is 192 g/mol. The molecule has 0 spiro atoms. The number of hydrogen-bond acceptors (Lipinski definition) is 2. The maximum absolute atomic E-state index is 13.1. The Hall–Kier alpha value is -1.49. The van der Waals surface area contributed by atoms with E-state index in [9.17, 15) is 13.6 Å². The van der Waals surface area contributed by atoms with Gasteiger partial charge in [-0.1, -0.05) is 0 Å². The van der Waals surface area contributed by atoms with Crippen LogP contribution in [0.2, 0.25) is 0 Å². The monoisotopic (exact) mass is 201 g/mol. The number of halogens is 2. The molecule has 1 aromatic rings. The van der Waals surface area contributed by atoms with Crippen molar-refractivity contribution in [1.82, 2.24) is 5.06 Å². The fourth-order valence-electron chi connectivity index (χ4n) is 0.915. The van der Waals surface area contributed by atoms with Gasteiger partial charge in [0.05, 0.1) is 12.7 Å². The fraction of sp³-hybridized carbons (Fsp3) is 0.222. The average molecular weight is 201 g/mol. The van der Waals surface area contributed by atoms with E-state index < -0.39 is 17.5 Å². The van der Waals surface area contributed by atoms with E-state index in [0.717, 1.165) is 17.2 Å². The summed E-state index contributed by atoms with van der Waals surface area (Å²) in [6.45, 7) is 0. The van der Waals surface area contributed by atoms with Crippen LogP contribution in [0, 0.1) is 11.6 Å². The summed E-state index contributed by atoms with van der Waals surface area (Å²) in [6, 6.07) is 2.74. The van der Waals surface area contributed by atoms with Crippen molar-refractivity contribution < 1.29 is 18.4 Å². The number of carbonyl (C=O) groups is 1. The Morgan fingerprint density at radius 2 is 2.07 bits per heavy atom. The fourth-order valence-corrected chi connectivity index (χ4v) is 0.915. The normalized spacial score (nSPS) is 10.0. The summed E-state index contributed by atoms with van der Waals surface area (Å²) in [4.78, 5) is 15.9. The molecule has 14 heavy (non-hydrogen) atoms. The molecule has 0 heterocycles. The quantitative estimate of drug-likeness (QED) is 0.680. The topological polar surface area (TPSA) is 29.5 Å². The molecule has 0 unspecified atom stereocenters. The number of hydroxylamine groups is 2. The van der Waals surface area contributed by atoms with E-state index in [0.29, 0.717) is 6.07 Å². The first-order chi connectivity index (χ1) is 6.56. The standard InChI is InChI=1S/C9H9F2NO2/c1-12(14-2)9(13)7-4-3-6(10)5-8(7)11/h3-5H,1-2H3. The molecule has 1 rings (SSSR count). The van der Waals surface area contributed by atoms with Crippen LogP contribution in [0.15, 0.2) is 18.2 Å². The molecule has 76 valence electrons. The second-order valence-corrected chi connectivity index (χ2v) is 2.61. The molecule has 0 saturated heterocycles. The summed E-state index contributed by atoms with van der Waals surface area (Å²) < 4.78 is 25.6. The largest absolute Gasteiger partial charge is 0.280 e. The summed E-state index contributed by atoms with van der Waals surface area (Å²) in [7, 11) is 2.62. The molecule has 1 aromatic carbocycles. The highest BCUT2D eigenvalue weighted by atomic mass is 19.1. The highest BCUT2D eigenvalue weighted by Gasteiger charge is 2.16. The SMILES string of the molecule is CON(C)C(=O)c1ccc(F)cc1F. The third-order valence-corrected chi connectivity index (χ3v) is 1.72. The van der Waals surface area contributed by atoms with Crippen LogP contribution in [0.25, 0.3) is 0 Å². The summed E-state index contributed by atoms with van der Waals surface area (Å²) >= 11 is 0. The van der Waals surface area contributed by atoms with E-state index >= 15 is 0 Å². The van der Waals surface area contributed by atoms with E-state index in [1.807, 2.05) is 0 Å². The van der Waals surface area contributed by atoms with E-state index in [2.05, 4.69) is 4.84 Å². The lowest BCUT2D eigenvalue weighted by molar-refractivity contribution is -0.0759. The van der Waals surface area contributed by atoms with Crippen LogP contribution >= 0.6 is 0 Å².